The van der Waals surface area contributed by atoms with Gasteiger partial charge in [0.2, 0.25) is 0 Å². The van der Waals surface area contributed by atoms with Crippen LogP contribution >= 0.6 is 38.6 Å². The van der Waals surface area contributed by atoms with Crippen molar-refractivity contribution >= 4 is 49.6 Å². The quantitative estimate of drug-likeness (QED) is 0.680. The molecule has 21 heavy (non-hydrogen) atoms. The van der Waals surface area contributed by atoms with Crippen LogP contribution in [0.2, 0.25) is 0 Å². The van der Waals surface area contributed by atoms with Crippen LogP contribution in [0.15, 0.2) is 45.6 Å². The molecule has 0 saturated heterocycles. The molecule has 3 rings (SSSR count). The van der Waals surface area contributed by atoms with Crippen molar-refractivity contribution in [1.29, 1.82) is 0 Å². The first-order chi connectivity index (χ1) is 10.1. The number of nitrogens with one attached hydrogen (secondary N) is 1. The number of amides is 1. The summed E-state index contributed by atoms with van der Waals surface area (Å²) in [7, 11) is 0. The zero-order valence-corrected chi connectivity index (χ0v) is 14.3. The highest BCUT2D eigenvalue weighted by atomic mass is 79.9. The SMILES string of the molecule is Cc1cccc(C(=O)Nc2nc(-c3ccc(Br)s3)cs2)c1. The number of hydrogen-bond donors (Lipinski definition) is 1. The van der Waals surface area contributed by atoms with Crippen molar-refractivity contribution in [3.05, 3.63) is 56.7 Å². The second-order valence-corrected chi connectivity index (χ2v) is 7.79. The summed E-state index contributed by atoms with van der Waals surface area (Å²) in [5.74, 6) is -0.132. The third kappa shape index (κ3) is 3.40. The van der Waals surface area contributed by atoms with Gasteiger partial charge in [-0.1, -0.05) is 17.7 Å². The molecule has 0 bridgehead atoms. The number of aromatic nitrogens is 1. The normalized spacial score (nSPS) is 10.6. The van der Waals surface area contributed by atoms with Crippen molar-refractivity contribution in [2.75, 3.05) is 5.32 Å². The van der Waals surface area contributed by atoms with Gasteiger partial charge in [0.15, 0.2) is 5.13 Å². The van der Waals surface area contributed by atoms with E-state index in [0.29, 0.717) is 10.7 Å². The van der Waals surface area contributed by atoms with Gasteiger partial charge < -0.3 is 0 Å². The molecule has 2 aromatic heterocycles. The number of thiazole rings is 1. The van der Waals surface area contributed by atoms with Crippen LogP contribution in [0.25, 0.3) is 10.6 Å². The number of halogens is 1. The Bertz CT molecular complexity index is 794. The second kappa shape index (κ2) is 6.09. The number of thiophene rings is 1. The molecule has 6 heteroatoms. The van der Waals surface area contributed by atoms with Gasteiger partial charge in [-0.2, -0.15) is 0 Å². The Labute approximate surface area is 138 Å². The van der Waals surface area contributed by atoms with Gasteiger partial charge in [0.25, 0.3) is 5.91 Å². The molecule has 1 amide bonds. The fraction of sp³-hybridized carbons (Fsp3) is 0.0667. The minimum absolute atomic E-state index is 0.132. The van der Waals surface area contributed by atoms with Gasteiger partial charge in [0, 0.05) is 10.9 Å². The molecular formula is C15H11BrN2OS2. The maximum absolute atomic E-state index is 12.2. The number of aryl methyl sites for hydroxylation is 1. The summed E-state index contributed by atoms with van der Waals surface area (Å²) >= 11 is 6.49. The highest BCUT2D eigenvalue weighted by Gasteiger charge is 2.11. The molecule has 3 nitrogen and oxygen atoms in total. The number of carbonyl (C=O) groups is 1. The monoisotopic (exact) mass is 378 g/mol. The van der Waals surface area contributed by atoms with Gasteiger partial charge in [-0.25, -0.2) is 4.98 Å². The molecule has 0 radical (unpaired) electrons. The highest BCUT2D eigenvalue weighted by molar-refractivity contribution is 9.11. The molecule has 1 aromatic carbocycles. The number of rotatable bonds is 3. The first-order valence-electron chi connectivity index (χ1n) is 6.21. The molecule has 0 spiro atoms. The number of carbonyl (C=O) groups excluding carboxylic acids is 1. The lowest BCUT2D eigenvalue weighted by molar-refractivity contribution is 0.102. The fourth-order valence-corrected chi connectivity index (χ4v) is 3.98. The van der Waals surface area contributed by atoms with Crippen LogP contribution < -0.4 is 5.32 Å². The summed E-state index contributed by atoms with van der Waals surface area (Å²) in [5, 5.41) is 5.40. The molecule has 0 atom stereocenters. The predicted molar refractivity (Wildman–Crippen MR) is 92.3 cm³/mol. The van der Waals surface area contributed by atoms with Crippen LogP contribution in [-0.2, 0) is 0 Å². The first-order valence-corrected chi connectivity index (χ1v) is 8.70. The maximum Gasteiger partial charge on any atom is 0.257 e. The van der Waals surface area contributed by atoms with Crippen LogP contribution in [-0.4, -0.2) is 10.9 Å². The average Bonchev–Trinajstić information content (AvgIpc) is 3.07. The molecule has 0 aliphatic carbocycles. The van der Waals surface area contributed by atoms with E-state index in [-0.39, 0.29) is 5.91 Å². The minimum Gasteiger partial charge on any atom is -0.298 e. The van der Waals surface area contributed by atoms with E-state index in [1.807, 2.05) is 42.6 Å². The maximum atomic E-state index is 12.2. The summed E-state index contributed by atoms with van der Waals surface area (Å²) in [6, 6.07) is 11.5. The molecule has 0 aliphatic rings. The summed E-state index contributed by atoms with van der Waals surface area (Å²) in [6.07, 6.45) is 0. The van der Waals surface area contributed by atoms with Crippen LogP contribution in [0.1, 0.15) is 15.9 Å². The number of hydrogen-bond acceptors (Lipinski definition) is 4. The molecule has 3 aromatic rings. The Hall–Kier alpha value is -1.50. The smallest absolute Gasteiger partial charge is 0.257 e. The standard InChI is InChI=1S/C15H11BrN2OS2/c1-9-3-2-4-10(7-9)14(19)18-15-17-11(8-20-15)12-5-6-13(16)21-12/h2-8H,1H3,(H,17,18,19). The zero-order chi connectivity index (χ0) is 14.8. The van der Waals surface area contributed by atoms with E-state index in [0.717, 1.165) is 19.9 Å². The zero-order valence-electron chi connectivity index (χ0n) is 11.1. The van der Waals surface area contributed by atoms with E-state index >= 15 is 0 Å². The lowest BCUT2D eigenvalue weighted by atomic mass is 10.1. The van der Waals surface area contributed by atoms with Crippen LogP contribution in [0, 0.1) is 6.92 Å². The van der Waals surface area contributed by atoms with E-state index in [1.54, 1.807) is 17.4 Å². The topological polar surface area (TPSA) is 42.0 Å². The van der Waals surface area contributed by atoms with Gasteiger partial charge in [-0.05, 0) is 47.1 Å². The summed E-state index contributed by atoms with van der Waals surface area (Å²) < 4.78 is 1.07. The number of nitrogens with zero attached hydrogens (tertiary/aromatic N) is 1. The Morgan fingerprint density at radius 3 is 2.86 bits per heavy atom. The van der Waals surface area contributed by atoms with Crippen molar-refractivity contribution in [3.63, 3.8) is 0 Å². The highest BCUT2D eigenvalue weighted by Crippen LogP contribution is 2.33. The Morgan fingerprint density at radius 1 is 1.29 bits per heavy atom. The average molecular weight is 379 g/mol. The Balaban J connectivity index is 1.77. The van der Waals surface area contributed by atoms with Crippen LogP contribution in [0.3, 0.4) is 0 Å². The number of anilines is 1. The van der Waals surface area contributed by atoms with Gasteiger partial charge in [0.05, 0.1) is 14.4 Å². The number of benzene rings is 1. The molecule has 0 aliphatic heterocycles. The lowest BCUT2D eigenvalue weighted by Gasteiger charge is -2.02. The summed E-state index contributed by atoms with van der Waals surface area (Å²) in [6.45, 7) is 1.97. The molecule has 106 valence electrons. The Kier molecular flexibility index (Phi) is 4.19. The summed E-state index contributed by atoms with van der Waals surface area (Å²) in [5.41, 5.74) is 2.59. The van der Waals surface area contributed by atoms with E-state index in [9.17, 15) is 4.79 Å². The first kappa shape index (κ1) is 14.4. The van der Waals surface area contributed by atoms with Crippen molar-refractivity contribution < 1.29 is 4.79 Å². The second-order valence-electron chi connectivity index (χ2n) is 4.47. The predicted octanol–water partition coefficient (Wildman–Crippen LogP) is 5.19. The molecule has 2 heterocycles. The van der Waals surface area contributed by atoms with Crippen molar-refractivity contribution in [3.8, 4) is 10.6 Å². The van der Waals surface area contributed by atoms with Gasteiger partial charge >= 0.3 is 0 Å². The molecule has 1 N–H and O–H groups in total. The lowest BCUT2D eigenvalue weighted by Crippen LogP contribution is -2.11. The van der Waals surface area contributed by atoms with Crippen molar-refractivity contribution in [2.45, 2.75) is 6.92 Å². The van der Waals surface area contributed by atoms with E-state index < -0.39 is 0 Å². The van der Waals surface area contributed by atoms with Crippen LogP contribution in [0.5, 0.6) is 0 Å². The van der Waals surface area contributed by atoms with Crippen LogP contribution in [0.4, 0.5) is 5.13 Å². The molecule has 0 unspecified atom stereocenters. The Morgan fingerprint density at radius 2 is 2.14 bits per heavy atom. The van der Waals surface area contributed by atoms with Gasteiger partial charge in [0.1, 0.15) is 0 Å². The third-order valence-electron chi connectivity index (χ3n) is 2.83. The van der Waals surface area contributed by atoms with Crippen molar-refractivity contribution in [1.82, 2.24) is 4.98 Å². The fourth-order valence-electron chi connectivity index (χ4n) is 1.85. The molecule has 0 saturated carbocycles. The van der Waals surface area contributed by atoms with Gasteiger partial charge in [-0.15, -0.1) is 22.7 Å². The molecular weight excluding hydrogens is 368 g/mol. The molecule has 0 fully saturated rings. The van der Waals surface area contributed by atoms with E-state index in [1.165, 1.54) is 11.3 Å². The van der Waals surface area contributed by atoms with Crippen molar-refractivity contribution in [2.24, 2.45) is 0 Å². The van der Waals surface area contributed by atoms with E-state index in [2.05, 4.69) is 26.2 Å². The third-order valence-corrected chi connectivity index (χ3v) is 5.23. The van der Waals surface area contributed by atoms with Gasteiger partial charge in [-0.3, -0.25) is 10.1 Å². The largest absolute Gasteiger partial charge is 0.298 e. The van der Waals surface area contributed by atoms with E-state index in [4.69, 9.17) is 0 Å². The summed E-state index contributed by atoms with van der Waals surface area (Å²) in [4.78, 5) is 17.7. The minimum atomic E-state index is -0.132.